The number of carboxylic acid groups (broad SMARTS) is 1. The van der Waals surface area contributed by atoms with Gasteiger partial charge in [-0.2, -0.15) is 0 Å². The highest BCUT2D eigenvalue weighted by atomic mass is 16.5. The zero-order chi connectivity index (χ0) is 15.4. The Morgan fingerprint density at radius 1 is 1.00 bits per heavy atom. The quantitative estimate of drug-likeness (QED) is 0.926. The molecule has 1 aliphatic rings. The van der Waals surface area contributed by atoms with E-state index in [-0.39, 0.29) is 6.10 Å². The molecule has 2 aromatic carbocycles. The SMILES string of the molecule is O=C(O)C1(c2ccccc2)CCCCC1Oc1ccccc1. The molecule has 0 aliphatic heterocycles. The second kappa shape index (κ2) is 6.22. The number of rotatable bonds is 4. The van der Waals surface area contributed by atoms with Crippen molar-refractivity contribution in [1.82, 2.24) is 0 Å². The Labute approximate surface area is 130 Å². The second-order valence-corrected chi connectivity index (χ2v) is 5.81. The number of aliphatic carboxylic acids is 1. The lowest BCUT2D eigenvalue weighted by molar-refractivity contribution is -0.150. The van der Waals surface area contributed by atoms with Gasteiger partial charge >= 0.3 is 5.97 Å². The van der Waals surface area contributed by atoms with E-state index in [2.05, 4.69) is 0 Å². The van der Waals surface area contributed by atoms with Crippen molar-refractivity contribution in [3.63, 3.8) is 0 Å². The molecule has 3 rings (SSSR count). The molecule has 1 aliphatic carbocycles. The third-order valence-electron chi connectivity index (χ3n) is 4.53. The van der Waals surface area contributed by atoms with Crippen LogP contribution in [0.1, 0.15) is 31.2 Å². The summed E-state index contributed by atoms with van der Waals surface area (Å²) in [5.74, 6) is -0.0599. The number of para-hydroxylation sites is 1. The Morgan fingerprint density at radius 2 is 1.64 bits per heavy atom. The van der Waals surface area contributed by atoms with Crippen LogP contribution in [0, 0.1) is 0 Å². The molecule has 1 saturated carbocycles. The molecular formula is C19H20O3. The summed E-state index contributed by atoms with van der Waals surface area (Å²) < 4.78 is 6.11. The molecule has 0 spiro atoms. The van der Waals surface area contributed by atoms with Crippen molar-refractivity contribution in [2.24, 2.45) is 0 Å². The van der Waals surface area contributed by atoms with Gasteiger partial charge in [0, 0.05) is 0 Å². The average molecular weight is 296 g/mol. The Morgan fingerprint density at radius 3 is 2.27 bits per heavy atom. The summed E-state index contributed by atoms with van der Waals surface area (Å²) in [5, 5.41) is 10.0. The standard InChI is InChI=1S/C19H20O3/c20-18(21)19(15-9-3-1-4-10-15)14-8-7-13-17(19)22-16-11-5-2-6-12-16/h1-6,9-12,17H,7-8,13-14H2,(H,20,21). The van der Waals surface area contributed by atoms with Crippen LogP contribution in [0.5, 0.6) is 5.75 Å². The molecule has 0 radical (unpaired) electrons. The van der Waals surface area contributed by atoms with Gasteiger partial charge in [-0.1, -0.05) is 55.0 Å². The van der Waals surface area contributed by atoms with Crippen LogP contribution in [-0.4, -0.2) is 17.2 Å². The van der Waals surface area contributed by atoms with Gasteiger partial charge in [-0.25, -0.2) is 0 Å². The van der Waals surface area contributed by atoms with E-state index in [1.165, 1.54) is 0 Å². The normalized spacial score (nSPS) is 24.6. The van der Waals surface area contributed by atoms with Gasteiger partial charge in [-0.05, 0) is 37.0 Å². The maximum Gasteiger partial charge on any atom is 0.317 e. The molecule has 0 amide bonds. The molecule has 1 N–H and O–H groups in total. The summed E-state index contributed by atoms with van der Waals surface area (Å²) in [6, 6.07) is 19.0. The summed E-state index contributed by atoms with van der Waals surface area (Å²) in [6.45, 7) is 0. The van der Waals surface area contributed by atoms with Crippen molar-refractivity contribution in [3.8, 4) is 5.75 Å². The zero-order valence-corrected chi connectivity index (χ0v) is 12.4. The fraction of sp³-hybridized carbons (Fsp3) is 0.316. The minimum atomic E-state index is -0.963. The first-order valence-corrected chi connectivity index (χ1v) is 7.74. The van der Waals surface area contributed by atoms with E-state index >= 15 is 0 Å². The van der Waals surface area contributed by atoms with Crippen molar-refractivity contribution in [2.75, 3.05) is 0 Å². The van der Waals surface area contributed by atoms with Crippen LogP contribution in [0.15, 0.2) is 60.7 Å². The van der Waals surface area contributed by atoms with Gasteiger partial charge in [-0.15, -0.1) is 0 Å². The van der Waals surface area contributed by atoms with E-state index in [1.807, 2.05) is 60.7 Å². The lowest BCUT2D eigenvalue weighted by atomic mass is 9.67. The van der Waals surface area contributed by atoms with Crippen LogP contribution in [0.2, 0.25) is 0 Å². The zero-order valence-electron chi connectivity index (χ0n) is 12.4. The van der Waals surface area contributed by atoms with E-state index in [0.717, 1.165) is 30.6 Å². The lowest BCUT2D eigenvalue weighted by Crippen LogP contribution is -2.51. The number of hydrogen-bond donors (Lipinski definition) is 1. The number of carboxylic acids is 1. The summed E-state index contributed by atoms with van der Waals surface area (Å²) in [4.78, 5) is 12.2. The van der Waals surface area contributed by atoms with Gasteiger partial charge in [0.15, 0.2) is 0 Å². The van der Waals surface area contributed by atoms with Crippen LogP contribution in [0.25, 0.3) is 0 Å². The molecule has 1 fully saturated rings. The van der Waals surface area contributed by atoms with Crippen LogP contribution < -0.4 is 4.74 Å². The van der Waals surface area contributed by atoms with Crippen molar-refractivity contribution in [3.05, 3.63) is 66.2 Å². The topological polar surface area (TPSA) is 46.5 Å². The molecule has 2 unspecified atom stereocenters. The fourth-order valence-electron chi connectivity index (χ4n) is 3.40. The predicted octanol–water partition coefficient (Wildman–Crippen LogP) is 4.03. The Bertz CT molecular complexity index is 624. The molecule has 3 nitrogen and oxygen atoms in total. The summed E-state index contributed by atoms with van der Waals surface area (Å²) in [7, 11) is 0. The van der Waals surface area contributed by atoms with Gasteiger partial charge in [0.05, 0.1) is 0 Å². The van der Waals surface area contributed by atoms with E-state index in [0.29, 0.717) is 6.42 Å². The third kappa shape index (κ3) is 2.59. The van der Waals surface area contributed by atoms with Crippen LogP contribution in [0.4, 0.5) is 0 Å². The molecule has 0 bridgehead atoms. The first-order valence-electron chi connectivity index (χ1n) is 7.74. The maximum absolute atomic E-state index is 12.2. The lowest BCUT2D eigenvalue weighted by Gasteiger charge is -2.41. The Hall–Kier alpha value is -2.29. The van der Waals surface area contributed by atoms with Crippen LogP contribution >= 0.6 is 0 Å². The highest BCUT2D eigenvalue weighted by molar-refractivity contribution is 5.82. The number of carbonyl (C=O) groups is 1. The highest BCUT2D eigenvalue weighted by Crippen LogP contribution is 2.42. The molecule has 3 heteroatoms. The smallest absolute Gasteiger partial charge is 0.317 e. The van der Waals surface area contributed by atoms with Gasteiger partial charge in [-0.3, -0.25) is 4.79 Å². The largest absolute Gasteiger partial charge is 0.489 e. The average Bonchev–Trinajstić information content (AvgIpc) is 2.57. The van der Waals surface area contributed by atoms with Crippen molar-refractivity contribution < 1.29 is 14.6 Å². The molecule has 0 aromatic heterocycles. The van der Waals surface area contributed by atoms with Gasteiger partial charge in [0.1, 0.15) is 17.3 Å². The molecule has 0 heterocycles. The molecule has 22 heavy (non-hydrogen) atoms. The summed E-state index contributed by atoms with van der Waals surface area (Å²) in [6.07, 6.45) is 2.94. The van der Waals surface area contributed by atoms with Gasteiger partial charge < -0.3 is 9.84 Å². The van der Waals surface area contributed by atoms with E-state index in [9.17, 15) is 9.90 Å². The van der Waals surface area contributed by atoms with Gasteiger partial charge in [0.2, 0.25) is 0 Å². The molecular weight excluding hydrogens is 276 g/mol. The second-order valence-electron chi connectivity index (χ2n) is 5.81. The number of ether oxygens (including phenoxy) is 1. The minimum absolute atomic E-state index is 0.344. The highest BCUT2D eigenvalue weighted by Gasteiger charge is 2.50. The summed E-state index contributed by atoms with van der Waals surface area (Å²) >= 11 is 0. The summed E-state index contributed by atoms with van der Waals surface area (Å²) in [5.41, 5.74) is -0.127. The predicted molar refractivity (Wildman–Crippen MR) is 85.1 cm³/mol. The van der Waals surface area contributed by atoms with Crippen molar-refractivity contribution in [1.29, 1.82) is 0 Å². The van der Waals surface area contributed by atoms with Gasteiger partial charge in [0.25, 0.3) is 0 Å². The van der Waals surface area contributed by atoms with E-state index in [1.54, 1.807) is 0 Å². The number of benzene rings is 2. The molecule has 2 aromatic rings. The fourth-order valence-corrected chi connectivity index (χ4v) is 3.40. The van der Waals surface area contributed by atoms with Crippen LogP contribution in [0.3, 0.4) is 0 Å². The van der Waals surface area contributed by atoms with Crippen molar-refractivity contribution >= 4 is 5.97 Å². The minimum Gasteiger partial charge on any atom is -0.489 e. The first-order chi connectivity index (χ1) is 10.7. The van der Waals surface area contributed by atoms with Crippen molar-refractivity contribution in [2.45, 2.75) is 37.2 Å². The van der Waals surface area contributed by atoms with E-state index < -0.39 is 11.4 Å². The van der Waals surface area contributed by atoms with Crippen LogP contribution in [-0.2, 0) is 10.2 Å². The molecule has 2 atom stereocenters. The third-order valence-corrected chi connectivity index (χ3v) is 4.53. The number of hydrogen-bond acceptors (Lipinski definition) is 2. The Balaban J connectivity index is 2.00. The Kier molecular flexibility index (Phi) is 4.14. The molecule has 114 valence electrons. The van der Waals surface area contributed by atoms with E-state index in [4.69, 9.17) is 4.74 Å². The maximum atomic E-state index is 12.2. The molecule has 0 saturated heterocycles. The first kappa shape index (κ1) is 14.6. The monoisotopic (exact) mass is 296 g/mol.